The Labute approximate surface area is 287 Å². The van der Waals surface area contributed by atoms with Crippen LogP contribution in [0.4, 0.5) is 5.69 Å². The van der Waals surface area contributed by atoms with Crippen molar-refractivity contribution in [2.75, 3.05) is 51.5 Å². The van der Waals surface area contributed by atoms with Gasteiger partial charge in [-0.15, -0.1) is 11.3 Å². The zero-order valence-electron chi connectivity index (χ0n) is 29.2. The van der Waals surface area contributed by atoms with Gasteiger partial charge in [-0.1, -0.05) is 83.7 Å². The first kappa shape index (κ1) is 37.8. The topological polar surface area (TPSA) is 78.4 Å². The van der Waals surface area contributed by atoms with Gasteiger partial charge in [0.2, 0.25) is 0 Å². The van der Waals surface area contributed by atoms with Crippen LogP contribution in [0, 0.1) is 0 Å². The van der Waals surface area contributed by atoms with Gasteiger partial charge in [-0.3, -0.25) is 0 Å². The highest BCUT2D eigenvalue weighted by molar-refractivity contribution is 7.19. The van der Waals surface area contributed by atoms with Gasteiger partial charge < -0.3 is 34.1 Å². The van der Waals surface area contributed by atoms with Crippen molar-refractivity contribution in [3.63, 3.8) is 0 Å². The van der Waals surface area contributed by atoms with E-state index in [9.17, 15) is 5.11 Å². The van der Waals surface area contributed by atoms with Gasteiger partial charge >= 0.3 is 0 Å². The smallest absolute Gasteiger partial charge is 0.117 e. The summed E-state index contributed by atoms with van der Waals surface area (Å²) in [5, 5.41) is 14.5. The van der Waals surface area contributed by atoms with E-state index < -0.39 is 6.10 Å². The summed E-state index contributed by atoms with van der Waals surface area (Å²) in [5.74, 6) is 0. The number of hydrogen-bond donors (Lipinski definition) is 2. The molecule has 4 rings (SSSR count). The number of unbranched alkanes of at least 4 members (excludes halogenated alkanes) is 4. The molecule has 7 nitrogen and oxygen atoms in total. The first-order valence-corrected chi connectivity index (χ1v) is 19.0. The zero-order chi connectivity index (χ0) is 33.3. The number of aliphatic hydroxyl groups is 1. The molecule has 1 aliphatic heterocycles. The highest BCUT2D eigenvalue weighted by atomic mass is 32.1. The third-order valence-electron chi connectivity index (χ3n) is 8.69. The number of aliphatic hydroxyl groups excluding tert-OH is 1. The normalized spacial score (nSPS) is 21.4. The lowest BCUT2D eigenvalue weighted by atomic mass is 9.88. The second-order valence-electron chi connectivity index (χ2n) is 12.6. The minimum Gasteiger partial charge on any atom is -0.395 e. The second-order valence-corrected chi connectivity index (χ2v) is 13.8. The molecule has 262 valence electrons. The van der Waals surface area contributed by atoms with E-state index in [2.05, 4.69) is 81.5 Å². The van der Waals surface area contributed by atoms with Crippen LogP contribution in [0.3, 0.4) is 0 Å². The molecule has 0 bridgehead atoms. The fourth-order valence-electron chi connectivity index (χ4n) is 6.04. The fraction of sp³-hybridized carbons (Fsp3) is 0.641. The molecule has 2 aromatic carbocycles. The Balaban J connectivity index is 1.74. The van der Waals surface area contributed by atoms with E-state index in [1.54, 1.807) is 0 Å². The molecule has 8 heteroatoms. The summed E-state index contributed by atoms with van der Waals surface area (Å²) in [6, 6.07) is 17.4. The quantitative estimate of drug-likeness (QED) is 0.0978. The van der Waals surface area contributed by atoms with E-state index in [1.807, 2.05) is 11.3 Å². The molecule has 0 spiro atoms. The van der Waals surface area contributed by atoms with Crippen molar-refractivity contribution in [3.05, 3.63) is 64.5 Å². The lowest BCUT2D eigenvalue weighted by Crippen LogP contribution is -2.58. The number of nitrogens with one attached hydrogen (secondary N) is 1. The first-order chi connectivity index (χ1) is 23.1. The monoisotopic (exact) mass is 669 g/mol. The van der Waals surface area contributed by atoms with Crippen LogP contribution in [0.25, 0.3) is 10.1 Å². The molecule has 0 unspecified atom stereocenters. The van der Waals surface area contributed by atoms with Crippen LogP contribution in [0.15, 0.2) is 48.5 Å². The zero-order valence-corrected chi connectivity index (χ0v) is 30.0. The maximum Gasteiger partial charge on any atom is 0.117 e. The lowest BCUT2D eigenvalue weighted by Gasteiger charge is -2.47. The van der Waals surface area contributed by atoms with Crippen LogP contribution in [0.2, 0.25) is 0 Å². The van der Waals surface area contributed by atoms with Crippen LogP contribution < -0.4 is 5.32 Å². The van der Waals surface area contributed by atoms with Crippen molar-refractivity contribution in [3.8, 4) is 0 Å². The maximum absolute atomic E-state index is 9.76. The van der Waals surface area contributed by atoms with Gasteiger partial charge in [-0.05, 0) is 54.8 Å². The van der Waals surface area contributed by atoms with Crippen LogP contribution in [0.5, 0.6) is 0 Å². The molecule has 2 N–H and O–H groups in total. The van der Waals surface area contributed by atoms with Crippen molar-refractivity contribution in [2.24, 2.45) is 0 Å². The Bertz CT molecular complexity index is 1250. The summed E-state index contributed by atoms with van der Waals surface area (Å²) in [4.78, 5) is 1.32. The molecule has 1 saturated heterocycles. The van der Waals surface area contributed by atoms with Gasteiger partial charge in [0.15, 0.2) is 0 Å². The molecular formula is C39H59NO6S. The van der Waals surface area contributed by atoms with E-state index in [0.29, 0.717) is 39.6 Å². The van der Waals surface area contributed by atoms with Gasteiger partial charge in [-0.2, -0.15) is 0 Å². The average molecular weight is 670 g/mol. The summed E-state index contributed by atoms with van der Waals surface area (Å²) >= 11 is 1.84. The highest BCUT2D eigenvalue weighted by Crippen LogP contribution is 2.41. The summed E-state index contributed by atoms with van der Waals surface area (Å²) in [5.41, 5.74) is 3.17. The van der Waals surface area contributed by atoms with E-state index in [1.165, 1.54) is 20.5 Å². The van der Waals surface area contributed by atoms with Crippen LogP contribution in [-0.4, -0.2) is 75.7 Å². The lowest BCUT2D eigenvalue weighted by molar-refractivity contribution is -0.268. The number of thiophene rings is 1. The van der Waals surface area contributed by atoms with Crippen LogP contribution in [0.1, 0.15) is 101 Å². The van der Waals surface area contributed by atoms with Crippen molar-refractivity contribution in [1.29, 1.82) is 0 Å². The maximum atomic E-state index is 9.76. The van der Waals surface area contributed by atoms with Gasteiger partial charge in [0, 0.05) is 60.2 Å². The van der Waals surface area contributed by atoms with Crippen molar-refractivity contribution in [2.45, 2.75) is 116 Å². The van der Waals surface area contributed by atoms with E-state index >= 15 is 0 Å². The number of ether oxygens (including phenoxy) is 5. The first-order valence-electron chi connectivity index (χ1n) is 18.2. The number of fused-ring (bicyclic) bond motifs is 1. The van der Waals surface area contributed by atoms with E-state index in [0.717, 1.165) is 69.0 Å². The minimum atomic E-state index is -0.409. The molecule has 2 heterocycles. The summed E-state index contributed by atoms with van der Waals surface area (Å²) in [7, 11) is 0. The second kappa shape index (κ2) is 21.1. The Morgan fingerprint density at radius 1 is 0.766 bits per heavy atom. The van der Waals surface area contributed by atoms with Crippen molar-refractivity contribution < 1.29 is 28.8 Å². The summed E-state index contributed by atoms with van der Waals surface area (Å²) < 4.78 is 34.8. The Morgan fingerprint density at radius 3 is 2.11 bits per heavy atom. The number of hydrogen-bond acceptors (Lipinski definition) is 8. The molecule has 0 saturated carbocycles. The molecule has 3 aromatic rings. The Morgan fingerprint density at radius 2 is 1.43 bits per heavy atom. The molecule has 1 aliphatic rings. The predicted octanol–water partition coefficient (Wildman–Crippen LogP) is 8.71. The third kappa shape index (κ3) is 11.2. The third-order valence-corrected chi connectivity index (χ3v) is 9.80. The van der Waals surface area contributed by atoms with Gasteiger partial charge in [0.05, 0.1) is 13.2 Å². The Hall–Kier alpha value is -2.04. The van der Waals surface area contributed by atoms with Crippen LogP contribution in [-0.2, 0) is 30.1 Å². The van der Waals surface area contributed by atoms with Crippen molar-refractivity contribution in [1.82, 2.24) is 0 Å². The molecule has 0 radical (unpaired) electrons. The summed E-state index contributed by atoms with van der Waals surface area (Å²) in [6.07, 6.45) is 7.23. The number of rotatable bonds is 23. The molecule has 0 amide bonds. The SMILES string of the molecule is CCCCOC[C@H]1O[C@@H](c2cc(Cc3cc4ccccc4s3)ccc2NCCO)[C@H](OCCCC)[C@@H](OCCCC)[C@@H]1OCCCC. The standard InChI is InChI=1S/C39H59NO6S/c1-5-9-21-42-28-34-37(43-22-10-6-2)39(45-24-12-8-4)38(44-23-11-7-3)36(46-34)32-26-29(17-18-33(32)40-19-20-41)25-31-27-30-15-13-14-16-35(30)47-31/h13-18,26-27,34,36-41H,5-12,19-25,28H2,1-4H3/t34-,36+,37-,38+,39+/m1/s1. The largest absolute Gasteiger partial charge is 0.395 e. The molecule has 47 heavy (non-hydrogen) atoms. The fourth-order valence-corrected chi connectivity index (χ4v) is 7.14. The molecule has 1 fully saturated rings. The predicted molar refractivity (Wildman–Crippen MR) is 194 cm³/mol. The molecule has 5 atom stereocenters. The van der Waals surface area contributed by atoms with Crippen molar-refractivity contribution >= 4 is 27.1 Å². The molecular weight excluding hydrogens is 610 g/mol. The van der Waals surface area contributed by atoms with Gasteiger partial charge in [0.1, 0.15) is 30.5 Å². The van der Waals surface area contributed by atoms with Crippen LogP contribution >= 0.6 is 11.3 Å². The molecule has 1 aromatic heterocycles. The average Bonchev–Trinajstić information content (AvgIpc) is 3.50. The Kier molecular flexibility index (Phi) is 17.0. The number of anilines is 1. The van der Waals surface area contributed by atoms with E-state index in [-0.39, 0.29) is 31.0 Å². The van der Waals surface area contributed by atoms with Gasteiger partial charge in [-0.25, -0.2) is 0 Å². The summed E-state index contributed by atoms with van der Waals surface area (Å²) in [6.45, 7) is 12.2. The number of benzene rings is 2. The van der Waals surface area contributed by atoms with E-state index in [4.69, 9.17) is 23.7 Å². The highest BCUT2D eigenvalue weighted by Gasteiger charge is 2.49. The van der Waals surface area contributed by atoms with Gasteiger partial charge in [0.25, 0.3) is 0 Å². The molecule has 0 aliphatic carbocycles. The minimum absolute atomic E-state index is 0.0366.